The van der Waals surface area contributed by atoms with Crippen LogP contribution in [0, 0.1) is 0 Å². The molecular weight excluding hydrogens is 292 g/mol. The molecule has 0 bridgehead atoms. The van der Waals surface area contributed by atoms with Crippen LogP contribution in [0.25, 0.3) is 0 Å². The number of ether oxygens (including phenoxy) is 1. The first-order chi connectivity index (χ1) is 9.98. The van der Waals surface area contributed by atoms with E-state index in [4.69, 9.17) is 9.15 Å². The Bertz CT molecular complexity index is 551. The highest BCUT2D eigenvalue weighted by molar-refractivity contribution is 7.89. The third kappa shape index (κ3) is 4.06. The van der Waals surface area contributed by atoms with Crippen LogP contribution in [0.15, 0.2) is 21.6 Å². The summed E-state index contributed by atoms with van der Waals surface area (Å²) in [7, 11) is -2.05. The molecular formula is C14H24N2O4S. The van der Waals surface area contributed by atoms with E-state index in [1.165, 1.54) is 23.2 Å². The Morgan fingerprint density at radius 3 is 2.76 bits per heavy atom. The fourth-order valence-corrected chi connectivity index (χ4v) is 3.84. The van der Waals surface area contributed by atoms with Crippen LogP contribution in [-0.4, -0.2) is 45.1 Å². The van der Waals surface area contributed by atoms with Gasteiger partial charge < -0.3 is 14.5 Å². The lowest BCUT2D eigenvalue weighted by molar-refractivity contribution is 0.142. The van der Waals surface area contributed by atoms with E-state index in [-0.39, 0.29) is 11.1 Å². The molecule has 0 amide bonds. The van der Waals surface area contributed by atoms with Gasteiger partial charge in [-0.05, 0) is 31.9 Å². The molecule has 1 aliphatic rings. The van der Waals surface area contributed by atoms with E-state index in [1.807, 2.05) is 13.8 Å². The minimum Gasteiger partial charge on any atom is -0.447 e. The van der Waals surface area contributed by atoms with Crippen LogP contribution in [-0.2, 0) is 21.3 Å². The lowest BCUT2D eigenvalue weighted by Crippen LogP contribution is -2.40. The van der Waals surface area contributed by atoms with Crippen LogP contribution in [0.5, 0.6) is 0 Å². The van der Waals surface area contributed by atoms with Crippen molar-refractivity contribution < 1.29 is 17.6 Å². The normalized spacial score (nSPS) is 17.3. The number of methoxy groups -OCH3 is 1. The Balaban J connectivity index is 2.09. The summed E-state index contributed by atoms with van der Waals surface area (Å²) in [6, 6.07) is 3.57. The molecule has 21 heavy (non-hydrogen) atoms. The van der Waals surface area contributed by atoms with Crippen molar-refractivity contribution in [3.05, 3.63) is 17.9 Å². The average molecular weight is 316 g/mol. The first-order valence-corrected chi connectivity index (χ1v) is 8.76. The predicted octanol–water partition coefficient (Wildman–Crippen LogP) is 1.58. The first kappa shape index (κ1) is 16.5. The molecule has 7 heteroatoms. The van der Waals surface area contributed by atoms with Crippen LogP contribution >= 0.6 is 0 Å². The average Bonchev–Trinajstić information content (AvgIpc) is 3.13. The number of furan rings is 1. The van der Waals surface area contributed by atoms with Gasteiger partial charge in [-0.15, -0.1) is 0 Å². The zero-order valence-electron chi connectivity index (χ0n) is 12.8. The van der Waals surface area contributed by atoms with Gasteiger partial charge in [-0.25, -0.2) is 8.42 Å². The third-order valence-electron chi connectivity index (χ3n) is 3.55. The monoisotopic (exact) mass is 316 g/mol. The van der Waals surface area contributed by atoms with Gasteiger partial charge >= 0.3 is 0 Å². The van der Waals surface area contributed by atoms with Crippen molar-refractivity contribution in [1.82, 2.24) is 9.62 Å². The molecule has 1 aromatic rings. The van der Waals surface area contributed by atoms with Crippen LogP contribution in [0.1, 0.15) is 32.4 Å². The standard InChI is InChI=1S/C14H24N2O4S/c1-4-16(11(2)10-19-3)21(17,18)14-8-7-13(20-14)9-15-12-5-6-12/h7-8,11-12,15H,4-6,9-10H2,1-3H3. The van der Waals surface area contributed by atoms with Crippen molar-refractivity contribution in [3.63, 3.8) is 0 Å². The number of nitrogens with zero attached hydrogens (tertiary/aromatic N) is 1. The van der Waals surface area contributed by atoms with Crippen molar-refractivity contribution >= 4 is 10.0 Å². The fraction of sp³-hybridized carbons (Fsp3) is 0.714. The minimum absolute atomic E-state index is 0.0000926. The topological polar surface area (TPSA) is 71.8 Å². The molecule has 1 saturated carbocycles. The molecule has 1 atom stereocenters. The molecule has 0 saturated heterocycles. The first-order valence-electron chi connectivity index (χ1n) is 7.32. The number of rotatable bonds is 9. The maximum atomic E-state index is 12.6. The second kappa shape index (κ2) is 6.91. The van der Waals surface area contributed by atoms with E-state index in [1.54, 1.807) is 13.2 Å². The Hall–Kier alpha value is -0.890. The Morgan fingerprint density at radius 1 is 1.48 bits per heavy atom. The van der Waals surface area contributed by atoms with Gasteiger partial charge in [0.2, 0.25) is 5.09 Å². The fourth-order valence-electron chi connectivity index (χ4n) is 2.28. The number of sulfonamides is 1. The molecule has 120 valence electrons. The molecule has 1 fully saturated rings. The number of nitrogens with one attached hydrogen (secondary N) is 1. The lowest BCUT2D eigenvalue weighted by atomic mass is 10.4. The molecule has 0 aromatic carbocycles. The third-order valence-corrected chi connectivity index (χ3v) is 5.52. The van der Waals surface area contributed by atoms with Crippen molar-refractivity contribution in [2.75, 3.05) is 20.3 Å². The molecule has 1 aliphatic carbocycles. The van der Waals surface area contributed by atoms with E-state index in [0.717, 1.165) is 0 Å². The number of likely N-dealkylation sites (N-methyl/N-ethyl adjacent to an activating group) is 1. The zero-order valence-corrected chi connectivity index (χ0v) is 13.6. The highest BCUT2D eigenvalue weighted by atomic mass is 32.2. The Kier molecular flexibility index (Phi) is 5.43. The van der Waals surface area contributed by atoms with E-state index in [2.05, 4.69) is 5.32 Å². The summed E-state index contributed by atoms with van der Waals surface area (Å²) in [5.74, 6) is 0.649. The van der Waals surface area contributed by atoms with Crippen molar-refractivity contribution in [1.29, 1.82) is 0 Å². The summed E-state index contributed by atoms with van der Waals surface area (Å²) in [5, 5.41) is 3.30. The maximum absolute atomic E-state index is 12.6. The van der Waals surface area contributed by atoms with E-state index >= 15 is 0 Å². The maximum Gasteiger partial charge on any atom is 0.276 e. The van der Waals surface area contributed by atoms with Crippen molar-refractivity contribution in [2.45, 2.75) is 50.4 Å². The van der Waals surface area contributed by atoms with Crippen molar-refractivity contribution in [3.8, 4) is 0 Å². The predicted molar refractivity (Wildman–Crippen MR) is 79.5 cm³/mol. The summed E-state index contributed by atoms with van der Waals surface area (Å²) in [5.41, 5.74) is 0. The van der Waals surface area contributed by atoms with Crippen LogP contribution in [0.4, 0.5) is 0 Å². The van der Waals surface area contributed by atoms with Gasteiger partial charge in [-0.2, -0.15) is 4.31 Å². The summed E-state index contributed by atoms with van der Waals surface area (Å²) in [6.07, 6.45) is 2.37. The van der Waals surface area contributed by atoms with Crippen LogP contribution in [0.3, 0.4) is 0 Å². The lowest BCUT2D eigenvalue weighted by Gasteiger charge is -2.25. The Morgan fingerprint density at radius 2 is 2.19 bits per heavy atom. The number of hydrogen-bond donors (Lipinski definition) is 1. The van der Waals surface area contributed by atoms with Gasteiger partial charge in [0.1, 0.15) is 5.76 Å². The highest BCUT2D eigenvalue weighted by Crippen LogP contribution is 2.23. The van der Waals surface area contributed by atoms with Gasteiger partial charge in [0.15, 0.2) is 0 Å². The van der Waals surface area contributed by atoms with Gasteiger partial charge in [-0.3, -0.25) is 0 Å². The van der Waals surface area contributed by atoms with Gasteiger partial charge in [0.05, 0.1) is 13.2 Å². The van der Waals surface area contributed by atoms with E-state index in [0.29, 0.717) is 31.5 Å². The SMILES string of the molecule is CCN(C(C)COC)S(=O)(=O)c1ccc(CNC2CC2)o1. The van der Waals surface area contributed by atoms with Gasteiger partial charge in [0, 0.05) is 25.7 Å². The second-order valence-corrected chi connectivity index (χ2v) is 7.21. The van der Waals surface area contributed by atoms with Crippen LogP contribution < -0.4 is 5.32 Å². The summed E-state index contributed by atoms with van der Waals surface area (Å²) < 4.78 is 37.1. The number of hydrogen-bond acceptors (Lipinski definition) is 5. The van der Waals surface area contributed by atoms with Crippen molar-refractivity contribution in [2.24, 2.45) is 0 Å². The summed E-state index contributed by atoms with van der Waals surface area (Å²) in [4.78, 5) is 0. The molecule has 0 radical (unpaired) electrons. The molecule has 1 N–H and O–H groups in total. The molecule has 0 spiro atoms. The molecule has 1 unspecified atom stereocenters. The Labute approximate surface area is 126 Å². The van der Waals surface area contributed by atoms with Gasteiger partial charge in [0.25, 0.3) is 10.0 Å². The molecule has 2 rings (SSSR count). The zero-order chi connectivity index (χ0) is 15.5. The molecule has 1 aromatic heterocycles. The quantitative estimate of drug-likeness (QED) is 0.749. The second-order valence-electron chi connectivity index (χ2n) is 5.39. The largest absolute Gasteiger partial charge is 0.447 e. The van der Waals surface area contributed by atoms with E-state index < -0.39 is 10.0 Å². The van der Waals surface area contributed by atoms with Crippen LogP contribution in [0.2, 0.25) is 0 Å². The van der Waals surface area contributed by atoms with E-state index in [9.17, 15) is 8.42 Å². The van der Waals surface area contributed by atoms with Gasteiger partial charge in [-0.1, -0.05) is 6.92 Å². The molecule has 1 heterocycles. The smallest absolute Gasteiger partial charge is 0.276 e. The summed E-state index contributed by atoms with van der Waals surface area (Å²) >= 11 is 0. The molecule has 0 aliphatic heterocycles. The summed E-state index contributed by atoms with van der Waals surface area (Å²) in [6.45, 7) is 4.93. The minimum atomic E-state index is -3.62. The highest BCUT2D eigenvalue weighted by Gasteiger charge is 2.30. The molecule has 6 nitrogen and oxygen atoms in total.